The summed E-state index contributed by atoms with van der Waals surface area (Å²) < 4.78 is 0. The molecule has 0 unspecified atom stereocenters. The minimum Gasteiger partial charge on any atom is -0.353 e. The molecule has 5 heteroatoms. The molecular formula is C24H28N2O2S. The number of benzene rings is 1. The molecule has 1 atom stereocenters. The molecule has 1 spiro atoms. The van der Waals surface area contributed by atoms with Crippen molar-refractivity contribution < 1.29 is 9.59 Å². The normalized spacial score (nSPS) is 22.9. The molecule has 1 saturated carbocycles. The second kappa shape index (κ2) is 7.60. The number of rotatable bonds is 4. The van der Waals surface area contributed by atoms with Crippen LogP contribution in [0, 0.1) is 0 Å². The molecule has 1 aliphatic heterocycles. The zero-order valence-electron chi connectivity index (χ0n) is 16.7. The Hall–Kier alpha value is -2.14. The van der Waals surface area contributed by atoms with Crippen LogP contribution < -0.4 is 5.32 Å². The van der Waals surface area contributed by atoms with Gasteiger partial charge in [0.25, 0.3) is 5.91 Å². The molecule has 152 valence electrons. The predicted octanol–water partition coefficient (Wildman–Crippen LogP) is 4.47. The lowest BCUT2D eigenvalue weighted by molar-refractivity contribution is -0.122. The highest BCUT2D eigenvalue weighted by Gasteiger charge is 2.46. The van der Waals surface area contributed by atoms with Crippen molar-refractivity contribution in [3.8, 4) is 0 Å². The van der Waals surface area contributed by atoms with Crippen molar-refractivity contribution in [1.29, 1.82) is 0 Å². The molecule has 1 saturated heterocycles. The number of carbonyl (C=O) groups excluding carboxylic acids is 2. The van der Waals surface area contributed by atoms with Gasteiger partial charge in [0.2, 0.25) is 5.91 Å². The molecule has 1 aromatic carbocycles. The number of carbonyl (C=O) groups is 2. The Bertz CT molecular complexity index is 895. The molecule has 0 bridgehead atoms. The van der Waals surface area contributed by atoms with Crippen LogP contribution in [0.4, 0.5) is 0 Å². The Morgan fingerprint density at radius 2 is 1.93 bits per heavy atom. The summed E-state index contributed by atoms with van der Waals surface area (Å²) in [5, 5.41) is 7.11. The third kappa shape index (κ3) is 3.50. The first-order chi connectivity index (χ1) is 14.1. The van der Waals surface area contributed by atoms with Gasteiger partial charge in [-0.2, -0.15) is 11.3 Å². The maximum absolute atomic E-state index is 12.7. The van der Waals surface area contributed by atoms with Crippen LogP contribution in [0.2, 0.25) is 0 Å². The summed E-state index contributed by atoms with van der Waals surface area (Å²) in [5.74, 6) is 0.658. The van der Waals surface area contributed by atoms with E-state index < -0.39 is 0 Å². The number of piperidine rings is 1. The highest BCUT2D eigenvalue weighted by Crippen LogP contribution is 2.52. The van der Waals surface area contributed by atoms with Crippen molar-refractivity contribution in [3.05, 3.63) is 57.8 Å². The second-order valence-corrected chi connectivity index (χ2v) is 9.75. The molecule has 3 aliphatic rings. The van der Waals surface area contributed by atoms with Crippen LogP contribution >= 0.6 is 11.3 Å². The van der Waals surface area contributed by atoms with Crippen LogP contribution in [0.5, 0.6) is 0 Å². The second-order valence-electron chi connectivity index (χ2n) is 8.97. The molecule has 1 N–H and O–H groups in total. The number of amides is 2. The van der Waals surface area contributed by atoms with E-state index in [-0.39, 0.29) is 17.2 Å². The smallest absolute Gasteiger partial charge is 0.254 e. The standard InChI is InChI=1S/C24H28N2O2S/c27-22(25-19-4-3-5-19)14-18-15-24(21-7-2-1-6-20(18)21)9-11-26(12-10-24)23(28)17-8-13-29-16-17/h1-2,6-8,13,16,18-19H,3-5,9-12,14-15H2,(H,25,27)/t18-/m0/s1. The van der Waals surface area contributed by atoms with Gasteiger partial charge < -0.3 is 10.2 Å². The topological polar surface area (TPSA) is 49.4 Å². The van der Waals surface area contributed by atoms with E-state index in [1.807, 2.05) is 21.7 Å². The van der Waals surface area contributed by atoms with E-state index in [1.54, 1.807) is 11.3 Å². The van der Waals surface area contributed by atoms with Gasteiger partial charge in [-0.3, -0.25) is 9.59 Å². The van der Waals surface area contributed by atoms with Crippen molar-refractivity contribution in [1.82, 2.24) is 10.2 Å². The van der Waals surface area contributed by atoms with E-state index in [9.17, 15) is 9.59 Å². The number of nitrogens with one attached hydrogen (secondary N) is 1. The molecule has 4 nitrogen and oxygen atoms in total. The monoisotopic (exact) mass is 408 g/mol. The summed E-state index contributed by atoms with van der Waals surface area (Å²) in [5.41, 5.74) is 3.70. The Balaban J connectivity index is 1.29. The molecule has 29 heavy (non-hydrogen) atoms. The van der Waals surface area contributed by atoms with Crippen LogP contribution in [-0.4, -0.2) is 35.8 Å². The predicted molar refractivity (Wildman–Crippen MR) is 115 cm³/mol. The van der Waals surface area contributed by atoms with Gasteiger partial charge in [-0.15, -0.1) is 0 Å². The number of nitrogens with zero attached hydrogens (tertiary/aromatic N) is 1. The van der Waals surface area contributed by atoms with Gasteiger partial charge in [0.15, 0.2) is 0 Å². The van der Waals surface area contributed by atoms with E-state index in [1.165, 1.54) is 17.5 Å². The van der Waals surface area contributed by atoms with Crippen LogP contribution in [0.1, 0.15) is 72.3 Å². The first kappa shape index (κ1) is 18.9. The molecule has 2 fully saturated rings. The number of likely N-dealkylation sites (tertiary alicyclic amines) is 1. The highest BCUT2D eigenvalue weighted by molar-refractivity contribution is 7.08. The van der Waals surface area contributed by atoms with E-state index in [0.29, 0.717) is 18.4 Å². The molecule has 2 aliphatic carbocycles. The van der Waals surface area contributed by atoms with Gasteiger partial charge in [-0.1, -0.05) is 24.3 Å². The lowest BCUT2D eigenvalue weighted by atomic mass is 9.73. The Labute approximate surface area is 176 Å². The van der Waals surface area contributed by atoms with Gasteiger partial charge in [0.05, 0.1) is 5.56 Å². The molecule has 1 aromatic heterocycles. The molecular weight excluding hydrogens is 380 g/mol. The number of fused-ring (bicyclic) bond motifs is 2. The molecule has 0 radical (unpaired) electrons. The average Bonchev–Trinajstić information content (AvgIpc) is 3.34. The van der Waals surface area contributed by atoms with E-state index in [2.05, 4.69) is 29.6 Å². The minimum atomic E-state index is 0.115. The zero-order valence-corrected chi connectivity index (χ0v) is 17.5. The molecule has 2 amide bonds. The highest BCUT2D eigenvalue weighted by atomic mass is 32.1. The summed E-state index contributed by atoms with van der Waals surface area (Å²) in [6.07, 6.45) is 7.09. The fourth-order valence-corrected chi connectivity index (χ4v) is 6.08. The third-order valence-corrected chi connectivity index (χ3v) is 7.97. The molecule has 2 aromatic rings. The van der Waals surface area contributed by atoms with Gasteiger partial charge in [0.1, 0.15) is 0 Å². The maximum Gasteiger partial charge on any atom is 0.254 e. The summed E-state index contributed by atoms with van der Waals surface area (Å²) in [6.45, 7) is 1.59. The SMILES string of the molecule is O=C(C[C@H]1CC2(CCN(C(=O)c3ccsc3)CC2)c2ccccc21)NC1CCC1. The van der Waals surface area contributed by atoms with Crippen LogP contribution in [-0.2, 0) is 10.2 Å². The Morgan fingerprint density at radius 3 is 2.62 bits per heavy atom. The Kier molecular flexibility index (Phi) is 4.94. The zero-order chi connectivity index (χ0) is 19.8. The summed E-state index contributed by atoms with van der Waals surface area (Å²) in [6, 6.07) is 11.0. The molecule has 2 heterocycles. The molecule has 5 rings (SSSR count). The largest absolute Gasteiger partial charge is 0.353 e. The summed E-state index contributed by atoms with van der Waals surface area (Å²) in [7, 11) is 0. The lowest BCUT2D eigenvalue weighted by Gasteiger charge is -2.40. The quantitative estimate of drug-likeness (QED) is 0.812. The van der Waals surface area contributed by atoms with E-state index in [4.69, 9.17) is 0 Å². The van der Waals surface area contributed by atoms with Crippen molar-refractivity contribution in [3.63, 3.8) is 0 Å². The van der Waals surface area contributed by atoms with Crippen LogP contribution in [0.3, 0.4) is 0 Å². The van der Waals surface area contributed by atoms with Gasteiger partial charge in [-0.05, 0) is 72.4 Å². The third-order valence-electron chi connectivity index (χ3n) is 7.29. The number of thiophene rings is 1. The van der Waals surface area contributed by atoms with Crippen molar-refractivity contribution >= 4 is 23.2 Å². The minimum absolute atomic E-state index is 0.115. The van der Waals surface area contributed by atoms with E-state index in [0.717, 1.165) is 50.8 Å². The van der Waals surface area contributed by atoms with Crippen LogP contribution in [0.15, 0.2) is 41.1 Å². The van der Waals surface area contributed by atoms with Gasteiger partial charge >= 0.3 is 0 Å². The fourth-order valence-electron chi connectivity index (χ4n) is 5.45. The first-order valence-corrected chi connectivity index (χ1v) is 11.8. The van der Waals surface area contributed by atoms with Crippen LogP contribution in [0.25, 0.3) is 0 Å². The average molecular weight is 409 g/mol. The Morgan fingerprint density at radius 1 is 1.14 bits per heavy atom. The van der Waals surface area contributed by atoms with Crippen molar-refractivity contribution in [2.24, 2.45) is 0 Å². The number of hydrogen-bond acceptors (Lipinski definition) is 3. The first-order valence-electron chi connectivity index (χ1n) is 10.8. The van der Waals surface area contributed by atoms with E-state index >= 15 is 0 Å². The van der Waals surface area contributed by atoms with Crippen molar-refractivity contribution in [2.75, 3.05) is 13.1 Å². The van der Waals surface area contributed by atoms with Crippen molar-refractivity contribution in [2.45, 2.75) is 62.3 Å². The van der Waals surface area contributed by atoms with Gasteiger partial charge in [-0.25, -0.2) is 0 Å². The van der Waals surface area contributed by atoms with Gasteiger partial charge in [0, 0.05) is 30.9 Å². The summed E-state index contributed by atoms with van der Waals surface area (Å²) >= 11 is 1.57. The fraction of sp³-hybridized carbons (Fsp3) is 0.500. The maximum atomic E-state index is 12.7. The number of hydrogen-bond donors (Lipinski definition) is 1. The summed E-state index contributed by atoms with van der Waals surface area (Å²) in [4.78, 5) is 27.3. The lowest BCUT2D eigenvalue weighted by Crippen LogP contribution is -2.44.